The Morgan fingerprint density at radius 1 is 1.09 bits per heavy atom. The van der Waals surface area contributed by atoms with Gasteiger partial charge in [0.25, 0.3) is 5.91 Å². The number of hydrogen-bond acceptors (Lipinski definition) is 5. The quantitative estimate of drug-likeness (QED) is 0.311. The highest BCUT2D eigenvalue weighted by Crippen LogP contribution is 2.28. The molecule has 0 radical (unpaired) electrons. The summed E-state index contributed by atoms with van der Waals surface area (Å²) in [4.78, 5) is 52.1. The third-order valence-corrected chi connectivity index (χ3v) is 5.50. The Balaban J connectivity index is 1.78. The smallest absolute Gasteiger partial charge is 0.328 e. The van der Waals surface area contributed by atoms with Gasteiger partial charge in [-0.2, -0.15) is 0 Å². The van der Waals surface area contributed by atoms with Crippen molar-refractivity contribution in [1.82, 2.24) is 4.90 Å². The lowest BCUT2D eigenvalue weighted by molar-refractivity contribution is -0.135. The second-order valence-electron chi connectivity index (χ2n) is 7.92. The average molecular weight is 465 g/mol. The second kappa shape index (κ2) is 11.8. The first-order valence-electron chi connectivity index (χ1n) is 11.3. The Bertz CT molecular complexity index is 1050. The van der Waals surface area contributed by atoms with Gasteiger partial charge < -0.3 is 14.7 Å². The summed E-state index contributed by atoms with van der Waals surface area (Å²) in [5.41, 5.74) is 1.35. The Kier molecular flexibility index (Phi) is 8.56. The highest BCUT2D eigenvalue weighted by molar-refractivity contribution is 6.23. The van der Waals surface area contributed by atoms with Crippen molar-refractivity contribution in [3.05, 3.63) is 72.3 Å². The van der Waals surface area contributed by atoms with E-state index in [9.17, 15) is 19.2 Å². The number of ether oxygens (including phenoxy) is 1. The molecule has 1 saturated heterocycles. The lowest BCUT2D eigenvalue weighted by atomic mass is 10.1. The van der Waals surface area contributed by atoms with Gasteiger partial charge in [0, 0.05) is 18.7 Å². The van der Waals surface area contributed by atoms with Gasteiger partial charge in [-0.3, -0.25) is 14.4 Å². The molecular weight excluding hydrogens is 436 g/mol. The van der Waals surface area contributed by atoms with E-state index >= 15 is 0 Å². The minimum Gasteiger partial charge on any atom is -0.494 e. The number of benzene rings is 2. The van der Waals surface area contributed by atoms with Crippen LogP contribution in [0.3, 0.4) is 0 Å². The van der Waals surface area contributed by atoms with Crippen LogP contribution in [0.15, 0.2) is 66.7 Å². The van der Waals surface area contributed by atoms with Crippen LogP contribution in [0.4, 0.5) is 5.69 Å². The topological polar surface area (TPSA) is 104 Å². The lowest BCUT2D eigenvalue weighted by Crippen LogP contribution is -2.45. The summed E-state index contributed by atoms with van der Waals surface area (Å²) in [5, 5.41) is 8.90. The van der Waals surface area contributed by atoms with Crippen molar-refractivity contribution in [3.8, 4) is 5.75 Å². The van der Waals surface area contributed by atoms with E-state index in [1.165, 1.54) is 4.90 Å². The Morgan fingerprint density at radius 3 is 2.44 bits per heavy atom. The fraction of sp³-hybridized carbons (Fsp3) is 0.308. The molecule has 1 atom stereocenters. The molecule has 1 heterocycles. The van der Waals surface area contributed by atoms with E-state index in [2.05, 4.69) is 6.92 Å². The summed E-state index contributed by atoms with van der Waals surface area (Å²) in [6.45, 7) is 2.81. The predicted molar refractivity (Wildman–Crippen MR) is 126 cm³/mol. The van der Waals surface area contributed by atoms with E-state index in [1.54, 1.807) is 24.3 Å². The van der Waals surface area contributed by atoms with E-state index in [0.717, 1.165) is 35.5 Å². The average Bonchev–Trinajstić information content (AvgIpc) is 3.12. The van der Waals surface area contributed by atoms with Crippen LogP contribution in [0.2, 0.25) is 0 Å². The molecule has 34 heavy (non-hydrogen) atoms. The number of carbonyl (C=O) groups excluding carboxylic acids is 3. The minimum absolute atomic E-state index is 0.161. The lowest BCUT2D eigenvalue weighted by Gasteiger charge is -2.26. The third-order valence-electron chi connectivity index (χ3n) is 5.50. The van der Waals surface area contributed by atoms with Crippen LogP contribution in [0, 0.1) is 0 Å². The van der Waals surface area contributed by atoms with Crippen molar-refractivity contribution in [3.63, 3.8) is 0 Å². The van der Waals surface area contributed by atoms with Crippen molar-refractivity contribution < 1.29 is 29.0 Å². The number of hydrogen-bond donors (Lipinski definition) is 1. The molecule has 1 N–H and O–H groups in total. The molecule has 1 fully saturated rings. The SMILES string of the molecule is CCCCOc1ccc(N2C(=O)CC(N(CCc3ccccc3)C(=O)C=CC(=O)O)C2=O)cc1. The van der Waals surface area contributed by atoms with Crippen LogP contribution in [0.25, 0.3) is 0 Å². The zero-order valence-corrected chi connectivity index (χ0v) is 19.1. The molecule has 0 spiro atoms. The maximum atomic E-state index is 13.2. The Labute approximate surface area is 198 Å². The number of carbonyl (C=O) groups is 4. The molecule has 1 aliphatic heterocycles. The van der Waals surface area contributed by atoms with E-state index in [4.69, 9.17) is 9.84 Å². The summed E-state index contributed by atoms with van der Waals surface area (Å²) >= 11 is 0. The van der Waals surface area contributed by atoms with Gasteiger partial charge in [-0.1, -0.05) is 43.7 Å². The first-order chi connectivity index (χ1) is 16.4. The molecule has 3 rings (SSSR count). The van der Waals surface area contributed by atoms with Gasteiger partial charge in [0.05, 0.1) is 18.7 Å². The molecule has 8 heteroatoms. The summed E-state index contributed by atoms with van der Waals surface area (Å²) < 4.78 is 5.63. The molecule has 0 aliphatic carbocycles. The standard InChI is InChI=1S/C26H28N2O6/c1-2-3-17-34-21-11-9-20(10-12-21)28-24(30)18-22(26(28)33)27(23(29)13-14-25(31)32)16-15-19-7-5-4-6-8-19/h4-14,22H,2-3,15-18H2,1H3,(H,31,32). The van der Waals surface area contributed by atoms with Crippen LogP contribution in [0.1, 0.15) is 31.7 Å². The largest absolute Gasteiger partial charge is 0.494 e. The van der Waals surface area contributed by atoms with Crippen molar-refractivity contribution >= 4 is 29.4 Å². The highest BCUT2D eigenvalue weighted by atomic mass is 16.5. The van der Waals surface area contributed by atoms with Crippen LogP contribution in [-0.2, 0) is 25.6 Å². The zero-order valence-electron chi connectivity index (χ0n) is 19.1. The minimum atomic E-state index is -1.27. The first kappa shape index (κ1) is 24.7. The molecule has 0 bridgehead atoms. The molecule has 0 saturated carbocycles. The number of rotatable bonds is 11. The van der Waals surface area contributed by atoms with E-state index < -0.39 is 29.7 Å². The van der Waals surface area contributed by atoms with Gasteiger partial charge in [0.2, 0.25) is 11.8 Å². The van der Waals surface area contributed by atoms with Gasteiger partial charge >= 0.3 is 5.97 Å². The van der Waals surface area contributed by atoms with Crippen molar-refractivity contribution in [2.24, 2.45) is 0 Å². The molecule has 3 amide bonds. The zero-order chi connectivity index (χ0) is 24.5. The number of unbranched alkanes of at least 4 members (excludes halogenated alkanes) is 1. The van der Waals surface area contributed by atoms with E-state index in [-0.39, 0.29) is 13.0 Å². The number of carboxylic acids is 1. The van der Waals surface area contributed by atoms with Gasteiger partial charge in [-0.15, -0.1) is 0 Å². The predicted octanol–water partition coefficient (Wildman–Crippen LogP) is 3.21. The maximum Gasteiger partial charge on any atom is 0.328 e. The molecule has 0 aromatic heterocycles. The second-order valence-corrected chi connectivity index (χ2v) is 7.92. The van der Waals surface area contributed by atoms with Crippen molar-refractivity contribution in [2.75, 3.05) is 18.1 Å². The summed E-state index contributed by atoms with van der Waals surface area (Å²) in [7, 11) is 0. The number of imide groups is 1. The van der Waals surface area contributed by atoms with Gasteiger partial charge in [0.15, 0.2) is 0 Å². The van der Waals surface area contributed by atoms with Crippen LogP contribution in [0.5, 0.6) is 5.75 Å². The molecule has 2 aromatic carbocycles. The van der Waals surface area contributed by atoms with Crippen molar-refractivity contribution in [2.45, 2.75) is 38.6 Å². The summed E-state index contributed by atoms with van der Waals surface area (Å²) in [5.74, 6) is -2.20. The summed E-state index contributed by atoms with van der Waals surface area (Å²) in [6, 6.07) is 15.1. The number of amides is 3. The molecule has 178 valence electrons. The van der Waals surface area contributed by atoms with Gasteiger partial charge in [-0.25, -0.2) is 9.69 Å². The third kappa shape index (κ3) is 6.31. The first-order valence-corrected chi connectivity index (χ1v) is 11.3. The fourth-order valence-corrected chi connectivity index (χ4v) is 3.71. The van der Waals surface area contributed by atoms with Gasteiger partial charge in [0.1, 0.15) is 11.8 Å². The summed E-state index contributed by atoms with van der Waals surface area (Å²) in [6.07, 6.45) is 3.86. The monoisotopic (exact) mass is 464 g/mol. The van der Waals surface area contributed by atoms with Crippen LogP contribution < -0.4 is 9.64 Å². The maximum absolute atomic E-state index is 13.2. The highest BCUT2D eigenvalue weighted by Gasteiger charge is 2.43. The number of aliphatic carboxylic acids is 1. The molecule has 2 aromatic rings. The van der Waals surface area contributed by atoms with E-state index in [0.29, 0.717) is 24.5 Å². The van der Waals surface area contributed by atoms with Crippen LogP contribution in [-0.4, -0.2) is 52.9 Å². The Morgan fingerprint density at radius 2 is 1.79 bits per heavy atom. The molecule has 1 aliphatic rings. The molecule has 8 nitrogen and oxygen atoms in total. The van der Waals surface area contributed by atoms with Crippen LogP contribution >= 0.6 is 0 Å². The van der Waals surface area contributed by atoms with E-state index in [1.807, 2.05) is 30.3 Å². The normalized spacial score (nSPS) is 15.7. The fourth-order valence-electron chi connectivity index (χ4n) is 3.71. The number of anilines is 1. The Hall–Kier alpha value is -3.94. The molecule has 1 unspecified atom stereocenters. The molecular formula is C26H28N2O6. The number of carboxylic acid groups (broad SMARTS) is 1. The number of nitrogens with zero attached hydrogens (tertiary/aromatic N) is 2. The van der Waals surface area contributed by atoms with Gasteiger partial charge in [-0.05, 0) is 42.7 Å². The van der Waals surface area contributed by atoms with Crippen molar-refractivity contribution in [1.29, 1.82) is 0 Å².